The molecule has 0 saturated heterocycles. The fourth-order valence-corrected chi connectivity index (χ4v) is 3.01. The summed E-state index contributed by atoms with van der Waals surface area (Å²) in [7, 11) is 0. The van der Waals surface area contributed by atoms with Crippen molar-refractivity contribution in [3.8, 4) is 0 Å². The molecule has 0 aromatic rings. The molecule has 11 heavy (non-hydrogen) atoms. The van der Waals surface area contributed by atoms with Gasteiger partial charge in [0, 0.05) is 5.25 Å². The molecule has 1 fully saturated rings. The van der Waals surface area contributed by atoms with Gasteiger partial charge in [-0.15, -0.1) is 0 Å². The van der Waals surface area contributed by atoms with Crippen LogP contribution in [0.15, 0.2) is 0 Å². The van der Waals surface area contributed by atoms with Gasteiger partial charge in [-0.3, -0.25) is 0 Å². The third kappa shape index (κ3) is 2.40. The van der Waals surface area contributed by atoms with Crippen molar-refractivity contribution in [1.82, 2.24) is 0 Å². The summed E-state index contributed by atoms with van der Waals surface area (Å²) in [5.41, 5.74) is 0. The normalized spacial score (nSPS) is 39.5. The summed E-state index contributed by atoms with van der Waals surface area (Å²) in [6.45, 7) is 6.99. The largest absolute Gasteiger partial charge is 0.176 e. The van der Waals surface area contributed by atoms with E-state index in [1.165, 1.54) is 19.3 Å². The lowest BCUT2D eigenvalue weighted by Crippen LogP contribution is -2.27. The number of rotatable bonds is 1. The Hall–Kier alpha value is 0.350. The lowest BCUT2D eigenvalue weighted by Gasteiger charge is -2.34. The van der Waals surface area contributed by atoms with Crippen molar-refractivity contribution >= 4 is 12.6 Å². The highest BCUT2D eigenvalue weighted by atomic mass is 32.1. The lowest BCUT2D eigenvalue weighted by atomic mass is 9.77. The number of hydrogen-bond acceptors (Lipinski definition) is 1. The van der Waals surface area contributed by atoms with Gasteiger partial charge < -0.3 is 0 Å². The maximum Gasteiger partial charge on any atom is 0.00500 e. The molecule has 1 saturated carbocycles. The first kappa shape index (κ1) is 9.44. The minimum atomic E-state index is 0.666. The van der Waals surface area contributed by atoms with Crippen LogP contribution in [-0.4, -0.2) is 5.25 Å². The van der Waals surface area contributed by atoms with E-state index < -0.39 is 0 Å². The van der Waals surface area contributed by atoms with Crippen molar-refractivity contribution in [3.05, 3.63) is 0 Å². The van der Waals surface area contributed by atoms with Crippen LogP contribution >= 0.6 is 12.6 Å². The van der Waals surface area contributed by atoms with Crippen molar-refractivity contribution in [2.75, 3.05) is 0 Å². The summed E-state index contributed by atoms with van der Waals surface area (Å²) >= 11 is 4.65. The van der Waals surface area contributed by atoms with Crippen LogP contribution in [0.4, 0.5) is 0 Å². The third-order valence-corrected chi connectivity index (χ3v) is 3.58. The number of hydrogen-bond donors (Lipinski definition) is 1. The predicted molar refractivity (Wildman–Crippen MR) is 54.1 cm³/mol. The summed E-state index contributed by atoms with van der Waals surface area (Å²) in [6, 6.07) is 0. The highest BCUT2D eigenvalue weighted by Gasteiger charge is 2.27. The van der Waals surface area contributed by atoms with E-state index in [0.717, 1.165) is 17.8 Å². The van der Waals surface area contributed by atoms with E-state index in [2.05, 4.69) is 33.4 Å². The van der Waals surface area contributed by atoms with Crippen LogP contribution in [0.1, 0.15) is 40.0 Å². The fourth-order valence-electron chi connectivity index (χ4n) is 2.15. The average Bonchev–Trinajstić information content (AvgIpc) is 1.85. The SMILES string of the molecule is CC1CCC(C(C)C)C(S)C1. The van der Waals surface area contributed by atoms with Gasteiger partial charge in [0.15, 0.2) is 0 Å². The van der Waals surface area contributed by atoms with Gasteiger partial charge in [-0.05, 0) is 30.6 Å². The molecule has 1 aliphatic rings. The molecule has 1 heteroatoms. The first-order valence-electron chi connectivity index (χ1n) is 4.79. The molecule has 1 aliphatic carbocycles. The van der Waals surface area contributed by atoms with Crippen molar-refractivity contribution in [1.29, 1.82) is 0 Å². The van der Waals surface area contributed by atoms with Crippen molar-refractivity contribution < 1.29 is 0 Å². The summed E-state index contributed by atoms with van der Waals surface area (Å²) in [6.07, 6.45) is 4.14. The molecule has 3 atom stereocenters. The topological polar surface area (TPSA) is 0 Å². The molecule has 0 heterocycles. The highest BCUT2D eigenvalue weighted by Crippen LogP contribution is 2.36. The molecule has 0 radical (unpaired) electrons. The van der Waals surface area contributed by atoms with E-state index >= 15 is 0 Å². The van der Waals surface area contributed by atoms with Crippen LogP contribution in [0, 0.1) is 17.8 Å². The third-order valence-electron chi connectivity index (χ3n) is 2.99. The Labute approximate surface area is 76.2 Å². The van der Waals surface area contributed by atoms with Crippen LogP contribution in [0.3, 0.4) is 0 Å². The van der Waals surface area contributed by atoms with Gasteiger partial charge in [0.2, 0.25) is 0 Å². The van der Waals surface area contributed by atoms with Gasteiger partial charge >= 0.3 is 0 Å². The van der Waals surface area contributed by atoms with Crippen LogP contribution in [0.5, 0.6) is 0 Å². The Morgan fingerprint density at radius 2 is 1.91 bits per heavy atom. The molecule has 0 spiro atoms. The molecule has 0 aromatic heterocycles. The van der Waals surface area contributed by atoms with E-state index in [0.29, 0.717) is 5.25 Å². The summed E-state index contributed by atoms with van der Waals surface area (Å²) < 4.78 is 0. The Balaban J connectivity index is 2.44. The zero-order valence-electron chi connectivity index (χ0n) is 7.88. The maximum atomic E-state index is 4.65. The first-order valence-corrected chi connectivity index (χ1v) is 5.31. The minimum Gasteiger partial charge on any atom is -0.176 e. The zero-order valence-corrected chi connectivity index (χ0v) is 8.77. The minimum absolute atomic E-state index is 0.666. The van der Waals surface area contributed by atoms with E-state index in [1.54, 1.807) is 0 Å². The molecule has 0 aliphatic heterocycles. The van der Waals surface area contributed by atoms with Crippen molar-refractivity contribution in [2.24, 2.45) is 17.8 Å². The summed E-state index contributed by atoms with van der Waals surface area (Å²) in [5.74, 6) is 2.60. The smallest absolute Gasteiger partial charge is 0.00500 e. The molecule has 0 bridgehead atoms. The second-order valence-corrected chi connectivity index (χ2v) is 5.06. The van der Waals surface area contributed by atoms with Gasteiger partial charge in [-0.25, -0.2) is 0 Å². The molecule has 0 aromatic carbocycles. The van der Waals surface area contributed by atoms with E-state index in [4.69, 9.17) is 0 Å². The Morgan fingerprint density at radius 1 is 1.27 bits per heavy atom. The first-order chi connectivity index (χ1) is 5.11. The average molecular weight is 172 g/mol. The van der Waals surface area contributed by atoms with E-state index in [9.17, 15) is 0 Å². The zero-order chi connectivity index (χ0) is 8.43. The Morgan fingerprint density at radius 3 is 2.36 bits per heavy atom. The Bertz CT molecular complexity index is 120. The van der Waals surface area contributed by atoms with E-state index in [-0.39, 0.29) is 0 Å². The van der Waals surface area contributed by atoms with Crippen LogP contribution < -0.4 is 0 Å². The molecule has 66 valence electrons. The van der Waals surface area contributed by atoms with E-state index in [1.807, 2.05) is 0 Å². The monoisotopic (exact) mass is 172 g/mol. The lowest BCUT2D eigenvalue weighted by molar-refractivity contribution is 0.245. The molecule has 0 N–H and O–H groups in total. The molecular weight excluding hydrogens is 152 g/mol. The standard InChI is InChI=1S/C10H20S/c1-7(2)9-5-4-8(3)6-10(9)11/h7-11H,4-6H2,1-3H3. The second-order valence-electron chi connectivity index (χ2n) is 4.39. The predicted octanol–water partition coefficient (Wildman–Crippen LogP) is 3.38. The van der Waals surface area contributed by atoms with Gasteiger partial charge in [0.05, 0.1) is 0 Å². The highest BCUT2D eigenvalue weighted by molar-refractivity contribution is 7.81. The summed E-state index contributed by atoms with van der Waals surface area (Å²) in [4.78, 5) is 0. The van der Waals surface area contributed by atoms with Crippen molar-refractivity contribution in [2.45, 2.75) is 45.3 Å². The van der Waals surface area contributed by atoms with Gasteiger partial charge in [-0.1, -0.05) is 27.2 Å². The Kier molecular flexibility index (Phi) is 3.29. The van der Waals surface area contributed by atoms with Crippen LogP contribution in [-0.2, 0) is 0 Å². The van der Waals surface area contributed by atoms with Crippen LogP contribution in [0.25, 0.3) is 0 Å². The molecular formula is C10H20S. The van der Waals surface area contributed by atoms with Gasteiger partial charge in [-0.2, -0.15) is 12.6 Å². The van der Waals surface area contributed by atoms with Gasteiger partial charge in [0.25, 0.3) is 0 Å². The number of thiol groups is 1. The molecule has 0 amide bonds. The van der Waals surface area contributed by atoms with Crippen molar-refractivity contribution in [3.63, 3.8) is 0 Å². The molecule has 3 unspecified atom stereocenters. The molecule has 1 rings (SSSR count). The quantitative estimate of drug-likeness (QED) is 0.576. The second kappa shape index (κ2) is 3.84. The van der Waals surface area contributed by atoms with Crippen LogP contribution in [0.2, 0.25) is 0 Å². The summed E-state index contributed by atoms with van der Waals surface area (Å²) in [5, 5.41) is 0.666. The fraction of sp³-hybridized carbons (Fsp3) is 1.00. The van der Waals surface area contributed by atoms with Gasteiger partial charge in [0.1, 0.15) is 0 Å². The molecule has 0 nitrogen and oxygen atoms in total. The maximum absolute atomic E-state index is 4.65.